The summed E-state index contributed by atoms with van der Waals surface area (Å²) in [5, 5.41) is 48.2. The summed E-state index contributed by atoms with van der Waals surface area (Å²) in [4.78, 5) is 161. The molecule has 33 heteroatoms. The molecule has 0 spiro atoms. The summed E-state index contributed by atoms with van der Waals surface area (Å²) >= 11 is 1.74. The highest BCUT2D eigenvalue weighted by Gasteiger charge is 2.21. The first-order valence-electron chi connectivity index (χ1n) is 41.7. The molecule has 0 atom stereocenters. The number of rotatable bonds is 19. The molecule has 12 N–H and O–H groups in total. The molecule has 0 radical (unpaired) electrons. The van der Waals surface area contributed by atoms with Gasteiger partial charge in [0.1, 0.15) is 23.8 Å². The summed E-state index contributed by atoms with van der Waals surface area (Å²) in [5.74, 6) is -2.69. The summed E-state index contributed by atoms with van der Waals surface area (Å²) in [5.41, 5.74) is 15.4. The molecule has 11 aromatic carbocycles. The zero-order chi connectivity index (χ0) is 95.7. The van der Waals surface area contributed by atoms with E-state index in [9.17, 15) is 57.5 Å². The van der Waals surface area contributed by atoms with Crippen molar-refractivity contribution in [3.05, 3.63) is 414 Å². The second-order valence-corrected chi connectivity index (χ2v) is 34.1. The van der Waals surface area contributed by atoms with Gasteiger partial charge in [-0.15, -0.1) is 11.3 Å². The van der Waals surface area contributed by atoms with Crippen LogP contribution in [0.25, 0.3) is 74.8 Å². The van der Waals surface area contributed by atoms with Crippen molar-refractivity contribution in [1.82, 2.24) is 65.6 Å². The largest absolute Gasteiger partial charge is 0.486 e. The van der Waals surface area contributed by atoms with Crippen molar-refractivity contribution in [3.8, 4) is 16.2 Å². The Balaban J connectivity index is 0.000000143. The highest BCUT2D eigenvalue weighted by Crippen LogP contribution is 2.34. The molecule has 17 aromatic rings. The molecular formula is C101H91N13O19S. The van der Waals surface area contributed by atoms with Gasteiger partial charge in [0.05, 0.1) is 71.6 Å². The number of carbonyl (C=O) groups is 6. The molecule has 0 unspecified atom stereocenters. The number of carbonyl (C=O) groups excluding carboxylic acids is 6. The van der Waals surface area contributed by atoms with E-state index in [-0.39, 0.29) is 86.4 Å². The Hall–Kier alpha value is -16.6. The summed E-state index contributed by atoms with van der Waals surface area (Å²) in [6.07, 6.45) is 5.12. The van der Waals surface area contributed by atoms with Gasteiger partial charge in [0, 0.05) is 60.6 Å². The zero-order valence-electron chi connectivity index (χ0n) is 73.3. The fraction of sp³-hybridized carbons (Fsp3) is 0.149. The number of aromatic amines is 2. The van der Waals surface area contributed by atoms with Gasteiger partial charge in [-0.25, -0.2) is 42.2 Å². The average Bonchev–Trinajstić information content (AvgIpc) is 1.54. The van der Waals surface area contributed by atoms with Gasteiger partial charge in [0.15, 0.2) is 0 Å². The molecule has 32 nitrogen and oxygen atoms in total. The van der Waals surface area contributed by atoms with E-state index in [2.05, 4.69) is 83.2 Å². The molecule has 0 fully saturated rings. The smallest absolute Gasteiger partial charge is 0.329 e. The van der Waals surface area contributed by atoms with Crippen LogP contribution in [0.4, 0.5) is 0 Å². The van der Waals surface area contributed by atoms with Gasteiger partial charge in [-0.05, 0) is 210 Å². The first kappa shape index (κ1) is 95.0. The number of pyridine rings is 2. The van der Waals surface area contributed by atoms with Crippen LogP contribution in [0, 0.1) is 6.92 Å². The number of nitrogens with one attached hydrogen (secondary N) is 7. The van der Waals surface area contributed by atoms with E-state index in [4.69, 9.17) is 35.5 Å². The summed E-state index contributed by atoms with van der Waals surface area (Å²) < 4.78 is 17.9. The lowest BCUT2D eigenvalue weighted by molar-refractivity contribution is -0.153. The van der Waals surface area contributed by atoms with Crippen LogP contribution in [-0.2, 0) is 54.2 Å². The monoisotopic (exact) mass is 1820 g/mol. The number of amides is 5. The SMILES string of the molecule is CC(C)(C)OC(=O)Cc1cccc(Cn2ccc3ccc(C(=O)NO)cc3c2=O)c1.CC(C)(C)c1ccc(Cn2ccc3ccc(C(=O)NO)cc3c2=O)cc1.Cc1ccc(OCc2nc3cc(C(=O)NO)ccc3c(=O)[nH]2)cc1.O=C(NO)c1ccc2[nH]c(=O)n(Cc3ccccc3)c(=O)c2c1.O=C(NO)c1ccc2ncn(Cc3cccc(-c4cc5ccccc5s4)c3)c(=O)c2c1. The van der Waals surface area contributed by atoms with Crippen LogP contribution in [0.2, 0.25) is 0 Å². The lowest BCUT2D eigenvalue weighted by Crippen LogP contribution is -2.35. The maximum Gasteiger partial charge on any atom is 0.329 e. The lowest BCUT2D eigenvalue weighted by Gasteiger charge is -2.19. The average molecular weight is 1820 g/mol. The number of aromatic nitrogens is 8. The molecule has 680 valence electrons. The van der Waals surface area contributed by atoms with Crippen molar-refractivity contribution in [2.24, 2.45) is 0 Å². The Kier molecular flexibility index (Phi) is 30.0. The predicted molar refractivity (Wildman–Crippen MR) is 507 cm³/mol. The number of hydrogen-bond acceptors (Lipinski definition) is 22. The molecule has 0 aliphatic heterocycles. The highest BCUT2D eigenvalue weighted by atomic mass is 32.1. The normalized spacial score (nSPS) is 11.1. The van der Waals surface area contributed by atoms with Gasteiger partial charge in [-0.2, -0.15) is 0 Å². The first-order chi connectivity index (χ1) is 64.2. The van der Waals surface area contributed by atoms with Gasteiger partial charge in [0.25, 0.3) is 57.3 Å². The molecule has 0 saturated carbocycles. The molecule has 134 heavy (non-hydrogen) atoms. The van der Waals surface area contributed by atoms with Crippen LogP contribution in [0.3, 0.4) is 0 Å². The number of aryl methyl sites for hydroxylation is 1. The number of nitrogens with zero attached hydrogens (tertiary/aromatic N) is 6. The van der Waals surface area contributed by atoms with Gasteiger partial charge in [-0.1, -0.05) is 166 Å². The summed E-state index contributed by atoms with van der Waals surface area (Å²) in [6, 6.07) is 77.0. The van der Waals surface area contributed by atoms with Crippen LogP contribution < -0.4 is 65.6 Å². The Bertz CT molecular complexity index is 7670. The Morgan fingerprint density at radius 1 is 0.418 bits per heavy atom. The van der Waals surface area contributed by atoms with E-state index in [0.717, 1.165) is 48.9 Å². The molecule has 5 amide bonds. The van der Waals surface area contributed by atoms with Crippen LogP contribution in [0.15, 0.2) is 308 Å². The van der Waals surface area contributed by atoms with E-state index in [1.165, 1.54) is 108 Å². The molecule has 17 rings (SSSR count). The second-order valence-electron chi connectivity index (χ2n) is 33.0. The Morgan fingerprint density at radius 2 is 0.918 bits per heavy atom. The minimum atomic E-state index is -0.730. The predicted octanol–water partition coefficient (Wildman–Crippen LogP) is 13.8. The van der Waals surface area contributed by atoms with Crippen molar-refractivity contribution in [2.75, 3.05) is 0 Å². The number of hydrogen-bond donors (Lipinski definition) is 12. The van der Waals surface area contributed by atoms with Crippen LogP contribution in [0.1, 0.15) is 138 Å². The van der Waals surface area contributed by atoms with Crippen molar-refractivity contribution >= 4 is 111 Å². The number of esters is 1. The summed E-state index contributed by atoms with van der Waals surface area (Å²) in [7, 11) is 0. The molecule has 0 aliphatic rings. The van der Waals surface area contributed by atoms with Crippen LogP contribution in [-0.4, -0.2) is 105 Å². The highest BCUT2D eigenvalue weighted by molar-refractivity contribution is 7.22. The molecule has 0 bridgehead atoms. The van der Waals surface area contributed by atoms with Gasteiger partial charge < -0.3 is 28.6 Å². The Morgan fingerprint density at radius 3 is 1.51 bits per heavy atom. The zero-order valence-corrected chi connectivity index (χ0v) is 74.2. The third-order valence-electron chi connectivity index (χ3n) is 21.2. The van der Waals surface area contributed by atoms with Crippen LogP contribution >= 0.6 is 11.3 Å². The van der Waals surface area contributed by atoms with Crippen molar-refractivity contribution in [1.29, 1.82) is 0 Å². The minimum absolute atomic E-state index is 0.0853. The maximum atomic E-state index is 13.0. The van der Waals surface area contributed by atoms with E-state index in [1.807, 2.05) is 149 Å². The first-order valence-corrected chi connectivity index (χ1v) is 42.5. The third kappa shape index (κ3) is 23.7. The molecule has 0 saturated heterocycles. The summed E-state index contributed by atoms with van der Waals surface area (Å²) in [6.45, 7) is 15.3. The minimum Gasteiger partial charge on any atom is -0.486 e. The van der Waals surface area contributed by atoms with Gasteiger partial charge >= 0.3 is 11.7 Å². The number of fused-ring (bicyclic) bond motifs is 6. The van der Waals surface area contributed by atoms with E-state index in [1.54, 1.807) is 80.5 Å². The van der Waals surface area contributed by atoms with E-state index >= 15 is 0 Å². The quantitative estimate of drug-likeness (QED) is 0.0203. The number of hydroxylamine groups is 5. The molecule has 6 aromatic heterocycles. The molecular weight excluding hydrogens is 1730 g/mol. The fourth-order valence-electron chi connectivity index (χ4n) is 14.3. The third-order valence-corrected chi connectivity index (χ3v) is 22.4. The standard InChI is InChI=1S/C24H17N3O3S.C23H24N2O5.C21H22N2O3.C17H15N3O4.C16H13N3O4/c28-23(26-30)18-8-9-20-19(11-18)24(29)27(14-25-20)13-15-4-3-6-16(10-15)22-12-17-5-1-2-7-21(17)31-22;1-23(2,3)30-20(26)12-15-5-4-6-16(11-15)14-25-10-9-17-7-8-18(21(27)24-29)13-19(17)22(25)28;1-21(2,3)17-8-4-14(5-9-17)13-23-11-10-15-6-7-16(19(24)22-26)12-18(15)20(23)25;1-10-2-5-12(6-3-10)24-9-15-18-14-8-11(16(21)20-23)4-7-13(14)17(22)19-15;20-14(18-23)11-6-7-13-12(8-11)15(21)19(16(22)17-13)9-10-4-2-1-3-5-10/h1-12,14,30H,13H2,(H,26,28);4-11,13,29H,12,14H2,1-3H3,(H,24,27);4-12,26H,13H2,1-3H3,(H,22,24);2-8,23H,9H2,1H3,(H,20,21)(H,18,19,22);1-8,23H,9H2,(H,17,22)(H,18,20). The fourth-order valence-corrected chi connectivity index (χ4v) is 15.4. The van der Waals surface area contributed by atoms with Crippen molar-refractivity contribution in [3.63, 3.8) is 0 Å². The van der Waals surface area contributed by atoms with Crippen molar-refractivity contribution < 1.29 is 64.3 Å². The second kappa shape index (κ2) is 42.3. The topological polar surface area (TPSA) is 462 Å². The van der Waals surface area contributed by atoms with E-state index < -0.39 is 46.4 Å². The maximum absolute atomic E-state index is 13.0. The molecule has 0 aliphatic carbocycles. The number of H-pyrrole nitrogens is 2. The number of thiophene rings is 1. The van der Waals surface area contributed by atoms with Crippen LogP contribution in [0.5, 0.6) is 5.75 Å². The number of benzene rings is 11. The number of ether oxygens (including phenoxy) is 2. The van der Waals surface area contributed by atoms with Crippen molar-refractivity contribution in [2.45, 2.75) is 98.7 Å². The van der Waals surface area contributed by atoms with Gasteiger partial charge in [0.2, 0.25) is 0 Å². The van der Waals surface area contributed by atoms with E-state index in [0.29, 0.717) is 74.7 Å². The molecule has 6 heterocycles. The lowest BCUT2D eigenvalue weighted by atomic mass is 9.87. The Labute approximate surface area is 766 Å². The van der Waals surface area contributed by atoms with Gasteiger partial charge in [-0.3, -0.25) is 87.9 Å².